The molecule has 1 unspecified atom stereocenters. The first kappa shape index (κ1) is 31.9. The van der Waals surface area contributed by atoms with Crippen LogP contribution in [0.15, 0.2) is 65.7 Å². The first-order valence-corrected chi connectivity index (χ1v) is 14.9. The molecule has 226 valence electrons. The van der Waals surface area contributed by atoms with Crippen LogP contribution >= 0.6 is 23.4 Å². The number of unbranched alkanes of at least 4 members (excludes halogenated alkanes) is 1. The summed E-state index contributed by atoms with van der Waals surface area (Å²) in [5.41, 5.74) is 2.51. The molecule has 0 aliphatic carbocycles. The highest BCUT2D eigenvalue weighted by atomic mass is 35.5. The molecule has 0 saturated heterocycles. The third-order valence-corrected chi connectivity index (χ3v) is 8.14. The Kier molecular flexibility index (Phi) is 11.1. The van der Waals surface area contributed by atoms with Crippen molar-refractivity contribution in [2.45, 2.75) is 31.2 Å². The fraction of sp³-hybridized carbons (Fsp3) is 0.250. The van der Waals surface area contributed by atoms with Crippen LogP contribution in [0.3, 0.4) is 0 Å². The van der Waals surface area contributed by atoms with E-state index in [4.69, 9.17) is 21.1 Å². The summed E-state index contributed by atoms with van der Waals surface area (Å²) >= 11 is 7.20. The van der Waals surface area contributed by atoms with E-state index in [2.05, 4.69) is 0 Å². The average molecular weight is 630 g/mol. The molecule has 4 aromatic rings. The summed E-state index contributed by atoms with van der Waals surface area (Å²) in [6.07, 6.45) is 6.87. The van der Waals surface area contributed by atoms with Crippen molar-refractivity contribution in [2.24, 2.45) is 5.92 Å². The van der Waals surface area contributed by atoms with Crippen LogP contribution in [0.2, 0.25) is 5.02 Å². The molecule has 1 aromatic heterocycles. The van der Waals surface area contributed by atoms with E-state index in [9.17, 15) is 28.6 Å². The van der Waals surface area contributed by atoms with Crippen LogP contribution in [0.25, 0.3) is 23.1 Å². The number of fused-ring (bicyclic) bond motifs is 1. The fourth-order valence-corrected chi connectivity index (χ4v) is 5.50. The highest BCUT2D eigenvalue weighted by Crippen LogP contribution is 2.34. The zero-order valence-corrected chi connectivity index (χ0v) is 24.8. The van der Waals surface area contributed by atoms with Gasteiger partial charge in [-0.05, 0) is 36.1 Å². The Balaban J connectivity index is 1.35. The number of carboxylic acid groups (broad SMARTS) is 2. The van der Waals surface area contributed by atoms with E-state index in [-0.39, 0.29) is 23.9 Å². The maximum Gasteiger partial charge on any atom is 0.323 e. The first-order chi connectivity index (χ1) is 20.6. The Hall–Kier alpha value is -4.02. The number of hydrogen-bond acceptors (Lipinski definition) is 5. The normalized spacial score (nSPS) is 12.1. The van der Waals surface area contributed by atoms with Crippen molar-refractivity contribution in [3.63, 3.8) is 0 Å². The van der Waals surface area contributed by atoms with Crippen molar-refractivity contribution >= 4 is 58.4 Å². The lowest BCUT2D eigenvalue weighted by atomic mass is 10.1. The third kappa shape index (κ3) is 8.75. The molecule has 0 bridgehead atoms. The number of aromatic nitrogens is 1. The van der Waals surface area contributed by atoms with Gasteiger partial charge in [0.15, 0.2) is 0 Å². The van der Waals surface area contributed by atoms with Gasteiger partial charge in [-0.25, -0.2) is 8.78 Å². The maximum absolute atomic E-state index is 13.5. The fourth-order valence-electron chi connectivity index (χ4n) is 4.24. The second kappa shape index (κ2) is 14.9. The van der Waals surface area contributed by atoms with Crippen LogP contribution in [0.4, 0.5) is 8.78 Å². The SMILES string of the molecule is CC(CSc1cn(CC(=O)O)c2c(C=Cc3ccc(OCCCCOc4cc(F)cc(F)c4Cl)cc3)cccc12)C(=O)O. The molecule has 7 nitrogen and oxygen atoms in total. The van der Waals surface area contributed by atoms with Crippen LogP contribution in [0.1, 0.15) is 30.9 Å². The monoisotopic (exact) mass is 629 g/mol. The molecule has 0 radical (unpaired) electrons. The van der Waals surface area contributed by atoms with Gasteiger partial charge in [0.25, 0.3) is 0 Å². The molecular formula is C32H30ClF2NO6S. The van der Waals surface area contributed by atoms with E-state index >= 15 is 0 Å². The summed E-state index contributed by atoms with van der Waals surface area (Å²) in [4.78, 5) is 23.6. The average Bonchev–Trinajstić information content (AvgIpc) is 3.32. The minimum absolute atomic E-state index is 0.0280. The summed E-state index contributed by atoms with van der Waals surface area (Å²) in [6.45, 7) is 2.09. The van der Waals surface area contributed by atoms with Gasteiger partial charge >= 0.3 is 11.9 Å². The molecule has 0 aliphatic heterocycles. The van der Waals surface area contributed by atoms with Gasteiger partial charge < -0.3 is 24.3 Å². The van der Waals surface area contributed by atoms with Crippen LogP contribution in [0, 0.1) is 17.6 Å². The molecule has 0 fully saturated rings. The number of carboxylic acids is 2. The Bertz CT molecular complexity index is 1620. The molecule has 0 spiro atoms. The second-order valence-electron chi connectivity index (χ2n) is 9.81. The van der Waals surface area contributed by atoms with E-state index in [1.54, 1.807) is 17.7 Å². The Morgan fingerprint density at radius 2 is 1.74 bits per heavy atom. The zero-order valence-electron chi connectivity index (χ0n) is 23.3. The van der Waals surface area contributed by atoms with Gasteiger partial charge in [-0.2, -0.15) is 0 Å². The quantitative estimate of drug-likeness (QED) is 0.0597. The minimum Gasteiger partial charge on any atom is -0.494 e. The lowest BCUT2D eigenvalue weighted by molar-refractivity contribution is -0.140. The predicted octanol–water partition coefficient (Wildman–Crippen LogP) is 7.88. The Labute approximate surface area is 256 Å². The van der Waals surface area contributed by atoms with Crippen molar-refractivity contribution in [3.8, 4) is 11.5 Å². The predicted molar refractivity (Wildman–Crippen MR) is 164 cm³/mol. The molecule has 0 saturated carbocycles. The lowest BCUT2D eigenvalue weighted by Gasteiger charge is -2.09. The van der Waals surface area contributed by atoms with Crippen LogP contribution in [-0.2, 0) is 16.1 Å². The number of hydrogen-bond donors (Lipinski definition) is 2. The highest BCUT2D eigenvalue weighted by Gasteiger charge is 2.17. The van der Waals surface area contributed by atoms with Crippen molar-refractivity contribution in [2.75, 3.05) is 19.0 Å². The standard InChI is InChI=1S/C32H30ClF2NO6S/c1-20(32(39)40)19-43-28-17-36(18-29(37)38)31-22(5-4-6-25(28)31)10-7-21-8-11-24(12-9-21)41-13-2-3-14-42-27-16-23(34)15-26(35)30(27)33/h4-12,15-17,20H,2-3,13-14,18-19H2,1H3,(H,37,38)(H,39,40). The van der Waals surface area contributed by atoms with E-state index in [0.717, 1.165) is 33.0 Å². The summed E-state index contributed by atoms with van der Waals surface area (Å²) in [7, 11) is 0. The smallest absolute Gasteiger partial charge is 0.323 e. The third-order valence-electron chi connectivity index (χ3n) is 6.47. The largest absolute Gasteiger partial charge is 0.494 e. The molecule has 0 aliphatic rings. The number of ether oxygens (including phenoxy) is 2. The number of halogens is 3. The Morgan fingerprint density at radius 3 is 2.44 bits per heavy atom. The van der Waals surface area contributed by atoms with Crippen LogP contribution in [0.5, 0.6) is 11.5 Å². The maximum atomic E-state index is 13.5. The number of aliphatic carboxylic acids is 2. The van der Waals surface area contributed by atoms with E-state index in [1.165, 1.54) is 11.8 Å². The number of nitrogens with zero attached hydrogens (tertiary/aromatic N) is 1. The van der Waals surface area contributed by atoms with Crippen LogP contribution < -0.4 is 9.47 Å². The van der Waals surface area contributed by atoms with Crippen molar-refractivity contribution in [1.82, 2.24) is 4.57 Å². The van der Waals surface area contributed by atoms with Gasteiger partial charge in [0.05, 0.1) is 24.6 Å². The van der Waals surface area contributed by atoms with Gasteiger partial charge in [0.2, 0.25) is 0 Å². The van der Waals surface area contributed by atoms with Crippen LogP contribution in [-0.4, -0.2) is 45.7 Å². The van der Waals surface area contributed by atoms with Crippen molar-refractivity contribution in [3.05, 3.63) is 88.6 Å². The van der Waals surface area contributed by atoms with Crippen molar-refractivity contribution in [1.29, 1.82) is 0 Å². The van der Waals surface area contributed by atoms with Gasteiger partial charge in [-0.1, -0.05) is 61.0 Å². The molecular weight excluding hydrogens is 600 g/mol. The topological polar surface area (TPSA) is 98.0 Å². The number of benzene rings is 3. The molecule has 3 aromatic carbocycles. The molecule has 1 heterocycles. The lowest BCUT2D eigenvalue weighted by Crippen LogP contribution is -2.11. The molecule has 11 heteroatoms. The first-order valence-electron chi connectivity index (χ1n) is 13.5. The number of rotatable bonds is 15. The van der Waals surface area contributed by atoms with E-state index in [0.29, 0.717) is 37.0 Å². The summed E-state index contributed by atoms with van der Waals surface area (Å²) in [5, 5.41) is 19.3. The molecule has 1 atom stereocenters. The van der Waals surface area contributed by atoms with Crippen molar-refractivity contribution < 1.29 is 38.1 Å². The van der Waals surface area contributed by atoms with Gasteiger partial charge in [-0.3, -0.25) is 9.59 Å². The summed E-state index contributed by atoms with van der Waals surface area (Å²) in [5.74, 6) is -2.98. The van der Waals surface area contributed by atoms with Gasteiger partial charge in [0.1, 0.15) is 34.7 Å². The Morgan fingerprint density at radius 1 is 1.02 bits per heavy atom. The number of para-hydroxylation sites is 1. The summed E-state index contributed by atoms with van der Waals surface area (Å²) in [6, 6.07) is 15.0. The molecule has 4 rings (SSSR count). The zero-order chi connectivity index (χ0) is 30.9. The molecule has 2 N–H and O–H groups in total. The second-order valence-corrected chi connectivity index (χ2v) is 11.3. The van der Waals surface area contributed by atoms with Gasteiger partial charge in [-0.15, -0.1) is 11.8 Å². The van der Waals surface area contributed by atoms with Gasteiger partial charge in [0, 0.05) is 34.4 Å². The summed E-state index contributed by atoms with van der Waals surface area (Å²) < 4.78 is 39.7. The molecule has 43 heavy (non-hydrogen) atoms. The van der Waals surface area contributed by atoms with E-state index in [1.807, 2.05) is 54.6 Å². The number of carbonyl (C=O) groups is 2. The number of thioether (sulfide) groups is 1. The minimum atomic E-state index is -0.972. The molecule has 0 amide bonds. The highest BCUT2D eigenvalue weighted by molar-refractivity contribution is 7.99. The van der Waals surface area contributed by atoms with E-state index < -0.39 is 29.5 Å².